The zero-order valence-electron chi connectivity index (χ0n) is 11.8. The maximum Gasteiger partial charge on any atom is 0.283 e. The van der Waals surface area contributed by atoms with Crippen LogP contribution in [0.4, 0.5) is 17.1 Å². The molecule has 0 aromatic heterocycles. The highest BCUT2D eigenvalue weighted by Gasteiger charge is 2.21. The molecule has 2 aromatic carbocycles. The van der Waals surface area contributed by atoms with Crippen molar-refractivity contribution in [1.29, 1.82) is 0 Å². The molecule has 10 heteroatoms. The van der Waals surface area contributed by atoms with Crippen molar-refractivity contribution in [2.45, 2.75) is 0 Å². The summed E-state index contributed by atoms with van der Waals surface area (Å²) < 4.78 is 4.91. The molecule has 0 atom stereocenters. The molecule has 0 fully saturated rings. The second-order valence-electron chi connectivity index (χ2n) is 4.00. The molecule has 0 saturated heterocycles. The largest absolute Gasteiger partial charge is 0.497 e. The van der Waals surface area contributed by atoms with Gasteiger partial charge in [-0.1, -0.05) is 18.2 Å². The summed E-state index contributed by atoms with van der Waals surface area (Å²) >= 11 is 0. The maximum atomic E-state index is 10.3. The number of rotatable bonds is 4. The van der Waals surface area contributed by atoms with E-state index in [2.05, 4.69) is 0 Å². The third kappa shape index (κ3) is 5.38. The molecule has 120 valence electrons. The van der Waals surface area contributed by atoms with E-state index in [1.54, 1.807) is 7.11 Å². The lowest BCUT2D eigenvalue weighted by atomic mass is 10.2. The lowest BCUT2D eigenvalue weighted by Gasteiger charge is -1.93. The van der Waals surface area contributed by atoms with Crippen molar-refractivity contribution in [3.05, 3.63) is 78.9 Å². The maximum absolute atomic E-state index is 10.3. The van der Waals surface area contributed by atoms with Crippen LogP contribution in [0.5, 0.6) is 5.75 Å². The molecule has 0 saturated carbocycles. The summed E-state index contributed by atoms with van der Waals surface area (Å²) in [6.45, 7) is 0. The van der Waals surface area contributed by atoms with E-state index in [-0.39, 0.29) is 0 Å². The third-order valence-electron chi connectivity index (χ3n) is 2.50. The van der Waals surface area contributed by atoms with E-state index >= 15 is 0 Å². The molecular weight excluding hydrogens is 310 g/mol. The Morgan fingerprint density at radius 1 is 0.739 bits per heavy atom. The van der Waals surface area contributed by atoms with Gasteiger partial charge < -0.3 is 4.74 Å². The second-order valence-corrected chi connectivity index (χ2v) is 4.00. The number of hydrogen-bond acceptors (Lipinski definition) is 7. The minimum atomic E-state index is -0.931. The van der Waals surface area contributed by atoms with Gasteiger partial charge in [-0.05, 0) is 12.1 Å². The second kappa shape index (κ2) is 8.02. The van der Waals surface area contributed by atoms with Gasteiger partial charge in [0.2, 0.25) is 0 Å². The SMILES string of the molecule is COc1ccccc1.O=[N+]([O-])c1cc([N+](=O)[O-])cc([N+](=O)[O-])c1. The number of non-ortho nitro benzene ring substituents is 3. The molecule has 0 bridgehead atoms. The summed E-state index contributed by atoms with van der Waals surface area (Å²) in [5, 5.41) is 30.9. The molecule has 0 N–H and O–H groups in total. The average Bonchev–Trinajstić information content (AvgIpc) is 2.55. The Hall–Kier alpha value is -3.56. The van der Waals surface area contributed by atoms with Crippen molar-refractivity contribution in [2.75, 3.05) is 7.11 Å². The quantitative estimate of drug-likeness (QED) is 0.622. The van der Waals surface area contributed by atoms with Crippen molar-refractivity contribution in [2.24, 2.45) is 0 Å². The zero-order chi connectivity index (χ0) is 17.4. The summed E-state index contributed by atoms with van der Waals surface area (Å²) in [4.78, 5) is 28.1. The smallest absolute Gasteiger partial charge is 0.283 e. The Labute approximate surface area is 129 Å². The molecule has 2 rings (SSSR count). The van der Waals surface area contributed by atoms with Gasteiger partial charge in [0.1, 0.15) is 5.75 Å². The Kier molecular flexibility index (Phi) is 6.10. The van der Waals surface area contributed by atoms with E-state index in [0.717, 1.165) is 5.75 Å². The molecule has 10 nitrogen and oxygen atoms in total. The first-order valence-electron chi connectivity index (χ1n) is 6.02. The van der Waals surface area contributed by atoms with E-state index in [1.807, 2.05) is 30.3 Å². The normalized spacial score (nSPS) is 9.26. The molecule has 0 spiro atoms. The number of nitro groups is 3. The third-order valence-corrected chi connectivity index (χ3v) is 2.50. The highest BCUT2D eigenvalue weighted by molar-refractivity contribution is 5.52. The summed E-state index contributed by atoms with van der Waals surface area (Å²) in [6, 6.07) is 11.7. The van der Waals surface area contributed by atoms with Gasteiger partial charge in [-0.15, -0.1) is 0 Å². The van der Waals surface area contributed by atoms with E-state index in [9.17, 15) is 30.3 Å². The fourth-order valence-corrected chi connectivity index (χ4v) is 1.45. The van der Waals surface area contributed by atoms with Crippen LogP contribution in [0.15, 0.2) is 48.5 Å². The Morgan fingerprint density at radius 2 is 1.09 bits per heavy atom. The number of hydrogen-bond donors (Lipinski definition) is 0. The molecule has 0 unspecified atom stereocenters. The van der Waals surface area contributed by atoms with Gasteiger partial charge >= 0.3 is 0 Å². The Balaban J connectivity index is 0.000000277. The number of methoxy groups -OCH3 is 1. The first kappa shape index (κ1) is 17.5. The zero-order valence-corrected chi connectivity index (χ0v) is 11.8. The van der Waals surface area contributed by atoms with Crippen LogP contribution < -0.4 is 4.74 Å². The first-order chi connectivity index (χ1) is 10.8. The van der Waals surface area contributed by atoms with Gasteiger partial charge in [0.25, 0.3) is 17.1 Å². The van der Waals surface area contributed by atoms with Crippen LogP contribution in [0.2, 0.25) is 0 Å². The lowest BCUT2D eigenvalue weighted by molar-refractivity contribution is -0.403. The van der Waals surface area contributed by atoms with Crippen molar-refractivity contribution < 1.29 is 19.5 Å². The predicted molar refractivity (Wildman–Crippen MR) is 79.4 cm³/mol. The van der Waals surface area contributed by atoms with Crippen molar-refractivity contribution in [3.63, 3.8) is 0 Å². The summed E-state index contributed by atoms with van der Waals surface area (Å²) in [6.07, 6.45) is 0. The number of nitrogens with zero attached hydrogens (tertiary/aromatic N) is 3. The fraction of sp³-hybridized carbons (Fsp3) is 0.0769. The minimum absolute atomic E-state index is 0.660. The van der Waals surface area contributed by atoms with Crippen LogP contribution in [-0.2, 0) is 0 Å². The molecule has 23 heavy (non-hydrogen) atoms. The first-order valence-corrected chi connectivity index (χ1v) is 6.02. The highest BCUT2D eigenvalue weighted by atomic mass is 16.6. The van der Waals surface area contributed by atoms with Crippen LogP contribution >= 0.6 is 0 Å². The Morgan fingerprint density at radius 3 is 1.30 bits per heavy atom. The molecule has 0 amide bonds. The van der Waals surface area contributed by atoms with Gasteiger partial charge in [0, 0.05) is 0 Å². The van der Waals surface area contributed by atoms with Gasteiger partial charge in [-0.25, -0.2) is 0 Å². The van der Waals surface area contributed by atoms with E-state index in [4.69, 9.17) is 4.74 Å². The number of nitro benzene ring substituents is 3. The monoisotopic (exact) mass is 321 g/mol. The number of benzene rings is 2. The van der Waals surface area contributed by atoms with Crippen LogP contribution in [-0.4, -0.2) is 21.9 Å². The molecule has 2 aromatic rings. The summed E-state index contributed by atoms with van der Waals surface area (Å²) in [5.41, 5.74) is -2.05. The van der Waals surface area contributed by atoms with Crippen LogP contribution in [0.1, 0.15) is 0 Å². The molecule has 0 aliphatic heterocycles. The molecule has 0 radical (unpaired) electrons. The summed E-state index contributed by atoms with van der Waals surface area (Å²) in [5.74, 6) is 0.910. The van der Waals surface area contributed by atoms with Gasteiger partial charge in [-0.2, -0.15) is 0 Å². The highest BCUT2D eigenvalue weighted by Crippen LogP contribution is 2.26. The fourth-order valence-electron chi connectivity index (χ4n) is 1.45. The topological polar surface area (TPSA) is 139 Å². The Bertz CT molecular complexity index is 640. The van der Waals surface area contributed by atoms with Gasteiger partial charge in [-0.3, -0.25) is 30.3 Å². The van der Waals surface area contributed by atoms with Crippen molar-refractivity contribution >= 4 is 17.1 Å². The molecule has 0 heterocycles. The minimum Gasteiger partial charge on any atom is -0.497 e. The standard InChI is InChI=1S/C7H8O.C6H3N3O6/c1-8-7-5-3-2-4-6-7;10-7(11)4-1-5(8(12)13)3-6(2-4)9(14)15/h2-6H,1H3;1-3H. The van der Waals surface area contributed by atoms with Gasteiger partial charge in [0.15, 0.2) is 0 Å². The number of para-hydroxylation sites is 1. The van der Waals surface area contributed by atoms with Crippen molar-refractivity contribution in [3.8, 4) is 5.75 Å². The molecule has 0 aliphatic rings. The lowest BCUT2D eigenvalue weighted by Crippen LogP contribution is -1.96. The van der Waals surface area contributed by atoms with Crippen molar-refractivity contribution in [1.82, 2.24) is 0 Å². The van der Waals surface area contributed by atoms with Gasteiger partial charge in [0.05, 0.1) is 40.1 Å². The van der Waals surface area contributed by atoms with Crippen LogP contribution in [0, 0.1) is 30.3 Å². The van der Waals surface area contributed by atoms with Crippen LogP contribution in [0.25, 0.3) is 0 Å². The number of ether oxygens (including phenoxy) is 1. The van der Waals surface area contributed by atoms with E-state index in [0.29, 0.717) is 18.2 Å². The summed E-state index contributed by atoms with van der Waals surface area (Å²) in [7, 11) is 1.66. The van der Waals surface area contributed by atoms with E-state index < -0.39 is 31.8 Å². The molecule has 0 aliphatic carbocycles. The average molecular weight is 321 g/mol. The van der Waals surface area contributed by atoms with E-state index in [1.165, 1.54) is 0 Å². The molecular formula is C13H11N3O7. The predicted octanol–water partition coefficient (Wildman–Crippen LogP) is 3.11. The van der Waals surface area contributed by atoms with Crippen LogP contribution in [0.3, 0.4) is 0 Å².